The molecular weight excluding hydrogens is 203 g/mol. The van der Waals surface area contributed by atoms with Gasteiger partial charge < -0.3 is 0 Å². The van der Waals surface area contributed by atoms with Crippen LogP contribution in [0.15, 0.2) is 24.3 Å². The molecule has 0 spiro atoms. The van der Waals surface area contributed by atoms with Gasteiger partial charge >= 0.3 is 0 Å². The molecule has 0 amide bonds. The second-order valence-electron chi connectivity index (χ2n) is 4.64. The smallest absolute Gasteiger partial charge is 0.163 e. The molecule has 2 heteroatoms. The maximum Gasteiger partial charge on any atom is 0.163 e. The molecule has 1 aromatic carbocycles. The fourth-order valence-electron chi connectivity index (χ4n) is 2.43. The van der Waals surface area contributed by atoms with Crippen molar-refractivity contribution in [2.75, 3.05) is 0 Å². The van der Waals surface area contributed by atoms with Gasteiger partial charge in [0.2, 0.25) is 0 Å². The Balaban J connectivity index is 1.97. The Kier molecular flexibility index (Phi) is 3.70. The van der Waals surface area contributed by atoms with E-state index in [0.717, 1.165) is 12.8 Å². The summed E-state index contributed by atoms with van der Waals surface area (Å²) in [4.78, 5) is 11.9. The van der Waals surface area contributed by atoms with E-state index < -0.39 is 0 Å². The quantitative estimate of drug-likeness (QED) is 0.704. The van der Waals surface area contributed by atoms with Gasteiger partial charge in [0.25, 0.3) is 0 Å². The van der Waals surface area contributed by atoms with Gasteiger partial charge in [-0.05, 0) is 18.1 Å². The lowest BCUT2D eigenvalue weighted by atomic mass is 9.85. The maximum absolute atomic E-state index is 13.0. The number of hydrogen-bond acceptors (Lipinski definition) is 1. The van der Waals surface area contributed by atoms with Crippen molar-refractivity contribution in [3.63, 3.8) is 0 Å². The first-order valence-corrected chi connectivity index (χ1v) is 6.04. The number of hydrogen-bond donors (Lipinski definition) is 0. The van der Waals surface area contributed by atoms with E-state index in [9.17, 15) is 9.18 Å². The van der Waals surface area contributed by atoms with E-state index in [2.05, 4.69) is 0 Å². The van der Waals surface area contributed by atoms with Gasteiger partial charge in [0.15, 0.2) is 5.78 Å². The summed E-state index contributed by atoms with van der Waals surface area (Å²) in [6.07, 6.45) is 6.67. The van der Waals surface area contributed by atoms with Crippen LogP contribution in [-0.4, -0.2) is 5.78 Å². The van der Waals surface area contributed by atoms with Crippen LogP contribution < -0.4 is 0 Å². The summed E-state index contributed by atoms with van der Waals surface area (Å²) in [7, 11) is 0. The first-order valence-electron chi connectivity index (χ1n) is 6.04. The zero-order chi connectivity index (χ0) is 11.4. The first kappa shape index (κ1) is 11.3. The van der Waals surface area contributed by atoms with Crippen molar-refractivity contribution in [2.45, 2.75) is 38.5 Å². The van der Waals surface area contributed by atoms with Crippen molar-refractivity contribution in [2.24, 2.45) is 5.92 Å². The van der Waals surface area contributed by atoms with Gasteiger partial charge in [0.05, 0.1) is 0 Å². The molecule has 1 fully saturated rings. The predicted octanol–water partition coefficient (Wildman–Crippen LogP) is 3.98. The molecule has 1 aliphatic carbocycles. The summed E-state index contributed by atoms with van der Waals surface area (Å²) in [5, 5.41) is 0. The Bertz CT molecular complexity index is 367. The van der Waals surface area contributed by atoms with Crippen molar-refractivity contribution in [1.29, 1.82) is 0 Å². The highest BCUT2D eigenvalue weighted by Crippen LogP contribution is 2.27. The van der Waals surface area contributed by atoms with Gasteiger partial charge in [-0.1, -0.05) is 44.2 Å². The highest BCUT2D eigenvalue weighted by molar-refractivity contribution is 5.96. The van der Waals surface area contributed by atoms with Crippen LogP contribution in [0.5, 0.6) is 0 Å². The maximum atomic E-state index is 13.0. The van der Waals surface area contributed by atoms with E-state index in [-0.39, 0.29) is 11.6 Å². The summed E-state index contributed by atoms with van der Waals surface area (Å²) in [6.45, 7) is 0. The van der Waals surface area contributed by atoms with Gasteiger partial charge in [-0.3, -0.25) is 4.79 Å². The monoisotopic (exact) mass is 220 g/mol. The number of Topliss-reactive ketones (excluding diaryl/α,β-unsaturated/α-hetero) is 1. The van der Waals surface area contributed by atoms with Crippen LogP contribution in [0.1, 0.15) is 48.9 Å². The number of rotatable bonds is 3. The first-order chi connectivity index (χ1) is 7.75. The standard InChI is InChI=1S/C14H17FO/c15-13-8-4-7-12(10-13)14(16)9-11-5-2-1-3-6-11/h4,7-8,10-11H,1-3,5-6,9H2. The minimum absolute atomic E-state index is 0.0893. The SMILES string of the molecule is O=C(CC1CCCCC1)c1cccc(F)c1. The van der Waals surface area contributed by atoms with Gasteiger partial charge in [-0.25, -0.2) is 4.39 Å². The van der Waals surface area contributed by atoms with Crippen molar-refractivity contribution in [3.05, 3.63) is 35.6 Å². The van der Waals surface area contributed by atoms with E-state index in [1.807, 2.05) is 0 Å². The number of carbonyl (C=O) groups is 1. The summed E-state index contributed by atoms with van der Waals surface area (Å²) in [5.74, 6) is 0.283. The van der Waals surface area contributed by atoms with Crippen LogP contribution in [0.2, 0.25) is 0 Å². The van der Waals surface area contributed by atoms with Crippen LogP contribution in [0.4, 0.5) is 4.39 Å². The molecule has 0 radical (unpaired) electrons. The average molecular weight is 220 g/mol. The third kappa shape index (κ3) is 2.91. The van der Waals surface area contributed by atoms with Crippen molar-refractivity contribution in [3.8, 4) is 0 Å². The fraction of sp³-hybridized carbons (Fsp3) is 0.500. The zero-order valence-corrected chi connectivity index (χ0v) is 9.42. The van der Waals surface area contributed by atoms with Gasteiger partial charge in [-0.15, -0.1) is 0 Å². The van der Waals surface area contributed by atoms with E-state index in [0.29, 0.717) is 17.9 Å². The lowest BCUT2D eigenvalue weighted by Gasteiger charge is -2.20. The fourth-order valence-corrected chi connectivity index (χ4v) is 2.43. The van der Waals surface area contributed by atoms with Gasteiger partial charge in [0, 0.05) is 12.0 Å². The van der Waals surface area contributed by atoms with Crippen molar-refractivity contribution >= 4 is 5.78 Å². The molecule has 0 heterocycles. The van der Waals surface area contributed by atoms with E-state index in [1.54, 1.807) is 12.1 Å². The van der Waals surface area contributed by atoms with Gasteiger partial charge in [-0.2, -0.15) is 0 Å². The summed E-state index contributed by atoms with van der Waals surface area (Å²) < 4.78 is 13.0. The number of halogens is 1. The molecule has 1 nitrogen and oxygen atoms in total. The Morgan fingerprint density at radius 1 is 1.25 bits per heavy atom. The largest absolute Gasteiger partial charge is 0.294 e. The van der Waals surface area contributed by atoms with E-state index >= 15 is 0 Å². The molecule has 2 rings (SSSR count). The second kappa shape index (κ2) is 5.24. The molecule has 16 heavy (non-hydrogen) atoms. The van der Waals surface area contributed by atoms with Crippen LogP contribution in [0, 0.1) is 11.7 Å². The third-order valence-corrected chi connectivity index (χ3v) is 3.35. The van der Waals surface area contributed by atoms with Crippen molar-refractivity contribution in [1.82, 2.24) is 0 Å². The summed E-state index contributed by atoms with van der Waals surface area (Å²) >= 11 is 0. The number of benzene rings is 1. The van der Waals surface area contributed by atoms with Crippen LogP contribution in [-0.2, 0) is 0 Å². The minimum Gasteiger partial charge on any atom is -0.294 e. The van der Waals surface area contributed by atoms with E-state index in [1.165, 1.54) is 31.4 Å². The Morgan fingerprint density at radius 3 is 2.69 bits per heavy atom. The molecule has 0 unspecified atom stereocenters. The highest BCUT2D eigenvalue weighted by Gasteiger charge is 2.18. The van der Waals surface area contributed by atoms with Gasteiger partial charge in [0.1, 0.15) is 5.82 Å². The Morgan fingerprint density at radius 2 is 2.00 bits per heavy atom. The van der Waals surface area contributed by atoms with Crippen LogP contribution >= 0.6 is 0 Å². The van der Waals surface area contributed by atoms with Crippen LogP contribution in [0.25, 0.3) is 0 Å². The molecule has 0 aliphatic heterocycles. The molecule has 0 bridgehead atoms. The lowest BCUT2D eigenvalue weighted by Crippen LogP contribution is -2.12. The predicted molar refractivity (Wildman–Crippen MR) is 61.9 cm³/mol. The molecule has 1 aliphatic rings. The average Bonchev–Trinajstić information content (AvgIpc) is 2.30. The van der Waals surface area contributed by atoms with Crippen molar-refractivity contribution < 1.29 is 9.18 Å². The third-order valence-electron chi connectivity index (χ3n) is 3.35. The molecule has 86 valence electrons. The summed E-state index contributed by atoms with van der Waals surface area (Å²) in [5.41, 5.74) is 0.519. The number of carbonyl (C=O) groups excluding carboxylic acids is 1. The molecule has 0 atom stereocenters. The summed E-state index contributed by atoms with van der Waals surface area (Å²) in [6, 6.07) is 6.01. The Labute approximate surface area is 95.7 Å². The Hall–Kier alpha value is -1.18. The lowest BCUT2D eigenvalue weighted by molar-refractivity contribution is 0.0950. The molecule has 1 aromatic rings. The highest BCUT2D eigenvalue weighted by atomic mass is 19.1. The van der Waals surface area contributed by atoms with E-state index in [4.69, 9.17) is 0 Å². The molecular formula is C14H17FO. The number of ketones is 1. The molecule has 1 saturated carbocycles. The topological polar surface area (TPSA) is 17.1 Å². The molecule has 0 saturated heterocycles. The molecule has 0 N–H and O–H groups in total. The normalized spacial score (nSPS) is 17.3. The molecule has 0 aromatic heterocycles. The zero-order valence-electron chi connectivity index (χ0n) is 9.42. The second-order valence-corrected chi connectivity index (χ2v) is 4.64. The minimum atomic E-state index is -0.325. The van der Waals surface area contributed by atoms with Crippen LogP contribution in [0.3, 0.4) is 0 Å².